The van der Waals surface area contributed by atoms with Crippen molar-refractivity contribution in [3.8, 4) is 0 Å². The zero-order valence-electron chi connectivity index (χ0n) is 13.0. The van der Waals surface area contributed by atoms with E-state index in [0.29, 0.717) is 18.0 Å². The van der Waals surface area contributed by atoms with Crippen molar-refractivity contribution in [2.24, 2.45) is 11.7 Å². The summed E-state index contributed by atoms with van der Waals surface area (Å²) in [6.07, 6.45) is 3.95. The lowest BCUT2D eigenvalue weighted by atomic mass is 9.93. The van der Waals surface area contributed by atoms with Crippen LogP contribution in [0.3, 0.4) is 0 Å². The highest BCUT2D eigenvalue weighted by Gasteiger charge is 2.31. The number of hydrogen-bond acceptors (Lipinski definition) is 3. The lowest BCUT2D eigenvalue weighted by molar-refractivity contribution is 0.243. The van der Waals surface area contributed by atoms with Crippen LogP contribution in [0.2, 0.25) is 0 Å². The predicted molar refractivity (Wildman–Crippen MR) is 85.6 cm³/mol. The first-order chi connectivity index (χ1) is 9.95. The van der Waals surface area contributed by atoms with Gasteiger partial charge in [0.1, 0.15) is 0 Å². The molecule has 1 heterocycles. The minimum atomic E-state index is -3.38. The van der Waals surface area contributed by atoms with Gasteiger partial charge in [0.2, 0.25) is 10.0 Å². The van der Waals surface area contributed by atoms with Crippen LogP contribution in [-0.4, -0.2) is 31.9 Å². The molecule has 1 aromatic rings. The van der Waals surface area contributed by atoms with Gasteiger partial charge in [-0.3, -0.25) is 0 Å². The van der Waals surface area contributed by atoms with Crippen molar-refractivity contribution in [3.05, 3.63) is 29.8 Å². The van der Waals surface area contributed by atoms with E-state index >= 15 is 0 Å². The molecule has 0 spiro atoms. The maximum Gasteiger partial charge on any atom is 0.243 e. The van der Waals surface area contributed by atoms with E-state index in [1.54, 1.807) is 16.4 Å². The fourth-order valence-electron chi connectivity index (χ4n) is 2.89. The summed E-state index contributed by atoms with van der Waals surface area (Å²) in [6, 6.07) is 7.34. The van der Waals surface area contributed by atoms with Gasteiger partial charge in [-0.1, -0.05) is 25.5 Å². The van der Waals surface area contributed by atoms with Crippen molar-refractivity contribution < 1.29 is 8.42 Å². The van der Waals surface area contributed by atoms with Gasteiger partial charge < -0.3 is 5.73 Å². The van der Waals surface area contributed by atoms with Crippen LogP contribution in [0.5, 0.6) is 0 Å². The number of aryl methyl sites for hydroxylation is 1. The van der Waals surface area contributed by atoms with E-state index in [9.17, 15) is 8.42 Å². The molecule has 0 aliphatic carbocycles. The minimum absolute atomic E-state index is 0.0370. The van der Waals surface area contributed by atoms with Crippen molar-refractivity contribution in [1.82, 2.24) is 4.31 Å². The standard InChI is InChI=1S/C16H26N2O2S/c1-3-5-14-7-9-16(10-8-14)21(19,20)18-11-4-6-15(12-18)13(2)17/h7-10,13,15H,3-6,11-12,17H2,1-2H3. The van der Waals surface area contributed by atoms with Crippen molar-refractivity contribution in [1.29, 1.82) is 0 Å². The Morgan fingerprint density at radius 3 is 2.57 bits per heavy atom. The minimum Gasteiger partial charge on any atom is -0.328 e. The topological polar surface area (TPSA) is 63.4 Å². The van der Waals surface area contributed by atoms with Crippen LogP contribution in [0.1, 0.15) is 38.7 Å². The molecule has 2 atom stereocenters. The van der Waals surface area contributed by atoms with Gasteiger partial charge in [-0.2, -0.15) is 4.31 Å². The van der Waals surface area contributed by atoms with E-state index < -0.39 is 10.0 Å². The predicted octanol–water partition coefficient (Wildman–Crippen LogP) is 2.39. The fourth-order valence-corrected chi connectivity index (χ4v) is 4.42. The average Bonchev–Trinajstić information content (AvgIpc) is 2.48. The molecule has 1 aliphatic rings. The quantitative estimate of drug-likeness (QED) is 0.908. The highest BCUT2D eigenvalue weighted by molar-refractivity contribution is 7.89. The number of benzene rings is 1. The molecule has 118 valence electrons. The molecule has 1 aliphatic heterocycles. The van der Waals surface area contributed by atoms with Crippen LogP contribution in [-0.2, 0) is 16.4 Å². The van der Waals surface area contributed by atoms with Gasteiger partial charge in [-0.05, 0) is 49.8 Å². The third-order valence-electron chi connectivity index (χ3n) is 4.26. The third-order valence-corrected chi connectivity index (χ3v) is 6.14. The maximum atomic E-state index is 12.7. The molecule has 1 saturated heterocycles. The molecular weight excluding hydrogens is 284 g/mol. The van der Waals surface area contributed by atoms with Gasteiger partial charge in [-0.15, -0.1) is 0 Å². The summed E-state index contributed by atoms with van der Waals surface area (Å²) in [5.41, 5.74) is 7.13. The van der Waals surface area contributed by atoms with Crippen LogP contribution in [0.15, 0.2) is 29.2 Å². The number of piperidine rings is 1. The highest BCUT2D eigenvalue weighted by Crippen LogP contribution is 2.25. The molecule has 4 nitrogen and oxygen atoms in total. The van der Waals surface area contributed by atoms with Gasteiger partial charge in [-0.25, -0.2) is 8.42 Å². The van der Waals surface area contributed by atoms with Crippen molar-refractivity contribution in [3.63, 3.8) is 0 Å². The van der Waals surface area contributed by atoms with E-state index in [0.717, 1.165) is 25.7 Å². The van der Waals surface area contributed by atoms with E-state index in [4.69, 9.17) is 5.73 Å². The lowest BCUT2D eigenvalue weighted by Crippen LogP contribution is -2.44. The summed E-state index contributed by atoms with van der Waals surface area (Å²) >= 11 is 0. The second-order valence-corrected chi connectivity index (χ2v) is 7.96. The first-order valence-electron chi connectivity index (χ1n) is 7.80. The Kier molecular flexibility index (Phi) is 5.41. The van der Waals surface area contributed by atoms with Gasteiger partial charge in [0, 0.05) is 19.1 Å². The molecule has 1 aromatic carbocycles. The summed E-state index contributed by atoms with van der Waals surface area (Å²) in [5, 5.41) is 0. The monoisotopic (exact) mass is 310 g/mol. The van der Waals surface area contributed by atoms with Gasteiger partial charge in [0.15, 0.2) is 0 Å². The fraction of sp³-hybridized carbons (Fsp3) is 0.625. The van der Waals surface area contributed by atoms with E-state index in [1.165, 1.54) is 5.56 Å². The molecule has 2 N–H and O–H groups in total. The van der Waals surface area contributed by atoms with Crippen LogP contribution in [0.4, 0.5) is 0 Å². The normalized spacial score (nSPS) is 22.1. The summed E-state index contributed by atoms with van der Waals surface area (Å²) in [7, 11) is -3.38. The SMILES string of the molecule is CCCc1ccc(S(=O)(=O)N2CCCC(C(C)N)C2)cc1. The van der Waals surface area contributed by atoms with Crippen molar-refractivity contribution in [2.75, 3.05) is 13.1 Å². The number of sulfonamides is 1. The Morgan fingerprint density at radius 2 is 2.00 bits per heavy atom. The average molecular weight is 310 g/mol. The summed E-state index contributed by atoms with van der Waals surface area (Å²) in [4.78, 5) is 0.396. The van der Waals surface area contributed by atoms with Crippen LogP contribution in [0, 0.1) is 5.92 Å². The largest absolute Gasteiger partial charge is 0.328 e. The molecule has 0 amide bonds. The summed E-state index contributed by atoms with van der Waals surface area (Å²) < 4.78 is 27.0. The first-order valence-corrected chi connectivity index (χ1v) is 9.24. The molecule has 0 saturated carbocycles. The molecule has 0 bridgehead atoms. The highest BCUT2D eigenvalue weighted by atomic mass is 32.2. The Balaban J connectivity index is 2.17. The van der Waals surface area contributed by atoms with Crippen molar-refractivity contribution >= 4 is 10.0 Å². The molecule has 1 fully saturated rings. The van der Waals surface area contributed by atoms with Crippen LogP contribution >= 0.6 is 0 Å². The zero-order chi connectivity index (χ0) is 15.5. The molecule has 21 heavy (non-hydrogen) atoms. The number of hydrogen-bond donors (Lipinski definition) is 1. The van der Waals surface area contributed by atoms with Gasteiger partial charge in [0.25, 0.3) is 0 Å². The van der Waals surface area contributed by atoms with E-state index in [1.807, 2.05) is 19.1 Å². The van der Waals surface area contributed by atoms with Crippen LogP contribution in [0.25, 0.3) is 0 Å². The van der Waals surface area contributed by atoms with Gasteiger partial charge >= 0.3 is 0 Å². The number of nitrogens with zero attached hydrogens (tertiary/aromatic N) is 1. The Labute approximate surface area is 128 Å². The molecule has 2 rings (SSSR count). The zero-order valence-corrected chi connectivity index (χ0v) is 13.8. The maximum absolute atomic E-state index is 12.7. The third kappa shape index (κ3) is 3.84. The Bertz CT molecular complexity index is 552. The Hall–Kier alpha value is -0.910. The van der Waals surface area contributed by atoms with Gasteiger partial charge in [0.05, 0.1) is 4.90 Å². The molecular formula is C16H26N2O2S. The molecule has 5 heteroatoms. The second kappa shape index (κ2) is 6.90. The Morgan fingerprint density at radius 1 is 1.33 bits per heavy atom. The molecule has 0 aromatic heterocycles. The van der Waals surface area contributed by atoms with E-state index in [-0.39, 0.29) is 12.0 Å². The second-order valence-electron chi connectivity index (χ2n) is 6.02. The molecule has 0 radical (unpaired) electrons. The smallest absolute Gasteiger partial charge is 0.243 e. The van der Waals surface area contributed by atoms with E-state index in [2.05, 4.69) is 6.92 Å². The molecule has 2 unspecified atom stereocenters. The lowest BCUT2D eigenvalue weighted by Gasteiger charge is -2.33. The summed E-state index contributed by atoms with van der Waals surface area (Å²) in [6.45, 7) is 5.21. The van der Waals surface area contributed by atoms with Crippen molar-refractivity contribution in [2.45, 2.75) is 50.5 Å². The summed E-state index contributed by atoms with van der Waals surface area (Å²) in [5.74, 6) is 0.257. The first kappa shape index (κ1) is 16.5. The number of nitrogens with two attached hydrogens (primary N) is 1. The number of rotatable bonds is 5. The van der Waals surface area contributed by atoms with Crippen LogP contribution < -0.4 is 5.73 Å².